The topological polar surface area (TPSA) is 63.8 Å². The highest BCUT2D eigenvalue weighted by molar-refractivity contribution is 7.15. The molecule has 5 heteroatoms. The van der Waals surface area contributed by atoms with Crippen molar-refractivity contribution in [2.75, 3.05) is 11.1 Å². The van der Waals surface area contributed by atoms with Crippen LogP contribution < -0.4 is 11.1 Å². The van der Waals surface area contributed by atoms with E-state index in [1.54, 1.807) is 23.6 Å². The number of fused-ring (bicyclic) bond motifs is 1. The lowest BCUT2D eigenvalue weighted by Gasteiger charge is -2.01. The Morgan fingerprint density at radius 2 is 2.31 bits per heavy atom. The number of nitrogens with one attached hydrogen (secondary N) is 1. The average molecular weight is 232 g/mol. The van der Waals surface area contributed by atoms with Crippen molar-refractivity contribution in [2.24, 2.45) is 0 Å². The molecule has 1 aliphatic rings. The lowest BCUT2D eigenvalue weighted by molar-refractivity contribution is 0.900. The van der Waals surface area contributed by atoms with Gasteiger partial charge in [-0.05, 0) is 25.3 Å². The maximum atomic E-state index is 5.69. The van der Waals surface area contributed by atoms with E-state index in [-0.39, 0.29) is 0 Å². The van der Waals surface area contributed by atoms with Gasteiger partial charge in [0.15, 0.2) is 5.13 Å². The first-order valence-corrected chi connectivity index (χ1v) is 6.10. The summed E-state index contributed by atoms with van der Waals surface area (Å²) in [6.45, 7) is 0. The van der Waals surface area contributed by atoms with Crippen LogP contribution in [0.4, 0.5) is 16.6 Å². The van der Waals surface area contributed by atoms with Crippen molar-refractivity contribution < 1.29 is 0 Å². The molecule has 0 aromatic carbocycles. The fourth-order valence-electron chi connectivity index (χ4n) is 1.87. The van der Waals surface area contributed by atoms with Crippen LogP contribution >= 0.6 is 11.3 Å². The Labute approximate surface area is 97.5 Å². The Hall–Kier alpha value is -1.62. The van der Waals surface area contributed by atoms with E-state index in [1.165, 1.54) is 23.4 Å². The summed E-state index contributed by atoms with van der Waals surface area (Å²) >= 11 is 1.72. The summed E-state index contributed by atoms with van der Waals surface area (Å²) in [6.07, 6.45) is 5.21. The van der Waals surface area contributed by atoms with E-state index in [2.05, 4.69) is 15.3 Å². The Balaban J connectivity index is 1.83. The van der Waals surface area contributed by atoms with E-state index in [0.717, 1.165) is 17.4 Å². The predicted molar refractivity (Wildman–Crippen MR) is 66.1 cm³/mol. The van der Waals surface area contributed by atoms with E-state index in [1.807, 2.05) is 6.07 Å². The number of pyridine rings is 1. The Kier molecular flexibility index (Phi) is 2.25. The summed E-state index contributed by atoms with van der Waals surface area (Å²) in [5.74, 6) is 0.757. The van der Waals surface area contributed by atoms with Gasteiger partial charge in [0, 0.05) is 22.8 Å². The number of aryl methyl sites for hydroxylation is 2. The number of nitrogens with two attached hydrogens (primary N) is 1. The van der Waals surface area contributed by atoms with Gasteiger partial charge in [-0.15, -0.1) is 11.3 Å². The molecule has 0 fully saturated rings. The molecule has 3 N–H and O–H groups in total. The molecule has 3 rings (SSSR count). The van der Waals surface area contributed by atoms with E-state index in [9.17, 15) is 0 Å². The van der Waals surface area contributed by atoms with Gasteiger partial charge in [-0.3, -0.25) is 0 Å². The summed E-state index contributed by atoms with van der Waals surface area (Å²) < 4.78 is 0. The first kappa shape index (κ1) is 9.59. The van der Waals surface area contributed by atoms with E-state index < -0.39 is 0 Å². The lowest BCUT2D eigenvalue weighted by atomic mass is 10.4. The quantitative estimate of drug-likeness (QED) is 0.834. The maximum Gasteiger partial charge on any atom is 0.188 e. The van der Waals surface area contributed by atoms with Gasteiger partial charge < -0.3 is 11.1 Å². The lowest BCUT2D eigenvalue weighted by Crippen LogP contribution is -1.94. The van der Waals surface area contributed by atoms with Gasteiger partial charge in [-0.25, -0.2) is 9.97 Å². The summed E-state index contributed by atoms with van der Waals surface area (Å²) in [4.78, 5) is 10.1. The van der Waals surface area contributed by atoms with Gasteiger partial charge in [-0.1, -0.05) is 0 Å². The number of nitrogen functional groups attached to an aromatic ring is 1. The van der Waals surface area contributed by atoms with Crippen LogP contribution in [0.15, 0.2) is 18.3 Å². The van der Waals surface area contributed by atoms with Crippen molar-refractivity contribution in [1.82, 2.24) is 9.97 Å². The van der Waals surface area contributed by atoms with E-state index in [0.29, 0.717) is 5.69 Å². The highest BCUT2D eigenvalue weighted by Gasteiger charge is 2.16. The van der Waals surface area contributed by atoms with Crippen LogP contribution in [0, 0.1) is 0 Å². The maximum absolute atomic E-state index is 5.69. The Bertz CT molecular complexity index is 499. The SMILES string of the molecule is Nc1ccnc(Nc2nc3c(s2)CCC3)c1. The monoisotopic (exact) mass is 232 g/mol. The number of aromatic nitrogens is 2. The number of hydrogen-bond donors (Lipinski definition) is 2. The van der Waals surface area contributed by atoms with Crippen LogP contribution in [-0.2, 0) is 12.8 Å². The van der Waals surface area contributed by atoms with E-state index >= 15 is 0 Å². The van der Waals surface area contributed by atoms with Gasteiger partial charge in [0.05, 0.1) is 5.69 Å². The highest BCUT2D eigenvalue weighted by atomic mass is 32.1. The minimum Gasteiger partial charge on any atom is -0.399 e. The molecule has 2 aromatic rings. The largest absolute Gasteiger partial charge is 0.399 e. The van der Waals surface area contributed by atoms with Crippen molar-refractivity contribution in [3.63, 3.8) is 0 Å². The normalized spacial score (nSPS) is 13.8. The molecule has 0 spiro atoms. The fraction of sp³-hybridized carbons (Fsp3) is 0.273. The second kappa shape index (κ2) is 3.75. The standard InChI is InChI=1S/C11H12N4S/c12-7-4-5-13-10(6-7)15-11-14-8-2-1-3-9(8)16-11/h4-6H,1-3H2,(H3,12,13,14,15). The second-order valence-corrected chi connectivity index (χ2v) is 4.93. The third-order valence-electron chi connectivity index (χ3n) is 2.61. The molecule has 2 aromatic heterocycles. The van der Waals surface area contributed by atoms with Crippen molar-refractivity contribution in [2.45, 2.75) is 19.3 Å². The van der Waals surface area contributed by atoms with Gasteiger partial charge in [0.2, 0.25) is 0 Å². The highest BCUT2D eigenvalue weighted by Crippen LogP contribution is 2.31. The minimum absolute atomic E-state index is 0.710. The van der Waals surface area contributed by atoms with Crippen molar-refractivity contribution >= 4 is 28.0 Å². The van der Waals surface area contributed by atoms with Gasteiger partial charge in [0.25, 0.3) is 0 Å². The zero-order valence-corrected chi connectivity index (χ0v) is 9.55. The molecule has 0 amide bonds. The first-order chi connectivity index (χ1) is 7.81. The first-order valence-electron chi connectivity index (χ1n) is 5.28. The molecule has 0 saturated carbocycles. The molecule has 0 radical (unpaired) electrons. The van der Waals surface area contributed by atoms with Crippen molar-refractivity contribution in [3.05, 3.63) is 28.9 Å². The minimum atomic E-state index is 0.710. The zero-order valence-electron chi connectivity index (χ0n) is 8.73. The number of nitrogens with zero attached hydrogens (tertiary/aromatic N) is 2. The van der Waals surface area contributed by atoms with Crippen LogP contribution in [0.5, 0.6) is 0 Å². The predicted octanol–water partition coefficient (Wildman–Crippen LogP) is 2.35. The molecule has 0 atom stereocenters. The van der Waals surface area contributed by atoms with Crippen molar-refractivity contribution in [3.8, 4) is 0 Å². The summed E-state index contributed by atoms with van der Waals surface area (Å²) in [5, 5.41) is 4.11. The van der Waals surface area contributed by atoms with Gasteiger partial charge in [-0.2, -0.15) is 0 Å². The number of anilines is 3. The summed E-state index contributed by atoms with van der Waals surface area (Å²) in [6, 6.07) is 3.58. The molecule has 16 heavy (non-hydrogen) atoms. The van der Waals surface area contributed by atoms with Crippen LogP contribution in [-0.4, -0.2) is 9.97 Å². The second-order valence-electron chi connectivity index (χ2n) is 3.84. The molecule has 82 valence electrons. The molecule has 4 nitrogen and oxygen atoms in total. The third kappa shape index (κ3) is 1.74. The van der Waals surface area contributed by atoms with Crippen molar-refractivity contribution in [1.29, 1.82) is 0 Å². The molecular weight excluding hydrogens is 220 g/mol. The molecule has 0 aliphatic heterocycles. The molecule has 0 saturated heterocycles. The number of rotatable bonds is 2. The Morgan fingerprint density at radius 1 is 1.38 bits per heavy atom. The summed E-state index contributed by atoms with van der Waals surface area (Å²) in [5.41, 5.74) is 7.64. The van der Waals surface area contributed by atoms with Crippen LogP contribution in [0.2, 0.25) is 0 Å². The fourth-order valence-corrected chi connectivity index (χ4v) is 2.93. The molecular formula is C11H12N4S. The third-order valence-corrected chi connectivity index (χ3v) is 3.69. The zero-order chi connectivity index (χ0) is 11.0. The molecule has 0 bridgehead atoms. The summed E-state index contributed by atoms with van der Waals surface area (Å²) in [7, 11) is 0. The van der Waals surface area contributed by atoms with Gasteiger partial charge >= 0.3 is 0 Å². The smallest absolute Gasteiger partial charge is 0.188 e. The Morgan fingerprint density at radius 3 is 3.12 bits per heavy atom. The van der Waals surface area contributed by atoms with Gasteiger partial charge in [0.1, 0.15) is 5.82 Å². The van der Waals surface area contributed by atoms with E-state index in [4.69, 9.17) is 5.73 Å². The molecule has 1 aliphatic carbocycles. The van der Waals surface area contributed by atoms with Crippen LogP contribution in [0.3, 0.4) is 0 Å². The molecule has 2 heterocycles. The number of hydrogen-bond acceptors (Lipinski definition) is 5. The molecule has 0 unspecified atom stereocenters. The van der Waals surface area contributed by atoms with Crippen LogP contribution in [0.1, 0.15) is 17.0 Å². The number of thiazole rings is 1. The van der Waals surface area contributed by atoms with Crippen LogP contribution in [0.25, 0.3) is 0 Å². The average Bonchev–Trinajstić information content (AvgIpc) is 2.77.